The number of benzene rings is 1. The van der Waals surface area contributed by atoms with Crippen LogP contribution in [0.25, 0.3) is 0 Å². The normalized spacial score (nSPS) is 25.2. The summed E-state index contributed by atoms with van der Waals surface area (Å²) in [6.07, 6.45) is 0.420. The fourth-order valence-electron chi connectivity index (χ4n) is 2.31. The number of hydrogen-bond donors (Lipinski definition) is 1. The number of nitrogens with zero attached hydrogens (tertiary/aromatic N) is 1. The van der Waals surface area contributed by atoms with Crippen molar-refractivity contribution in [3.63, 3.8) is 0 Å². The average Bonchev–Trinajstić information content (AvgIpc) is 2.43. The number of carbonyl (C=O) groups is 1. The van der Waals surface area contributed by atoms with Gasteiger partial charge in [-0.25, -0.2) is 0 Å². The Morgan fingerprint density at radius 2 is 2.19 bits per heavy atom. The number of hydrogen-bond acceptors (Lipinski definition) is 2. The lowest BCUT2D eigenvalue weighted by molar-refractivity contribution is -0.127. The van der Waals surface area contributed by atoms with Gasteiger partial charge in [-0.1, -0.05) is 17.7 Å². The second-order valence-electron chi connectivity index (χ2n) is 4.32. The molecule has 86 valence electrons. The maximum atomic E-state index is 11.6. The summed E-state index contributed by atoms with van der Waals surface area (Å²) in [6, 6.07) is 5.55. The molecule has 1 aromatic rings. The Kier molecular flexibility index (Phi) is 2.91. The zero-order valence-corrected chi connectivity index (χ0v) is 10.2. The van der Waals surface area contributed by atoms with Crippen molar-refractivity contribution in [3.8, 4) is 0 Å². The van der Waals surface area contributed by atoms with Crippen LogP contribution in [0.3, 0.4) is 0 Å². The van der Waals surface area contributed by atoms with Crippen LogP contribution in [0.2, 0.25) is 5.02 Å². The number of likely N-dealkylation sites (tertiary alicyclic amines) is 1. The summed E-state index contributed by atoms with van der Waals surface area (Å²) >= 11 is 5.91. The quantitative estimate of drug-likeness (QED) is 0.812. The smallest absolute Gasteiger partial charge is 0.224 e. The van der Waals surface area contributed by atoms with Gasteiger partial charge in [0.25, 0.3) is 0 Å². The maximum Gasteiger partial charge on any atom is 0.224 e. The molecule has 1 aliphatic rings. The lowest BCUT2D eigenvalue weighted by atomic mass is 9.97. The van der Waals surface area contributed by atoms with E-state index in [4.69, 9.17) is 17.3 Å². The summed E-state index contributed by atoms with van der Waals surface area (Å²) < 4.78 is 0. The van der Waals surface area contributed by atoms with Crippen LogP contribution in [0, 0.1) is 6.92 Å². The Morgan fingerprint density at radius 3 is 2.69 bits per heavy atom. The van der Waals surface area contributed by atoms with Gasteiger partial charge in [0.15, 0.2) is 0 Å². The molecule has 2 atom stereocenters. The molecule has 0 saturated carbocycles. The molecule has 2 rings (SSSR count). The zero-order chi connectivity index (χ0) is 11.9. The van der Waals surface area contributed by atoms with E-state index in [0.29, 0.717) is 11.4 Å². The van der Waals surface area contributed by atoms with Crippen LogP contribution in [0.15, 0.2) is 18.2 Å². The van der Waals surface area contributed by atoms with Gasteiger partial charge in [-0.05, 0) is 30.2 Å². The van der Waals surface area contributed by atoms with E-state index in [0.717, 1.165) is 11.1 Å². The Bertz CT molecular complexity index is 433. The number of likely N-dealkylation sites (N-methyl/N-ethyl adjacent to an activating group) is 1. The highest BCUT2D eigenvalue weighted by Crippen LogP contribution is 2.33. The first-order valence-corrected chi connectivity index (χ1v) is 5.66. The van der Waals surface area contributed by atoms with Crippen LogP contribution in [0.4, 0.5) is 0 Å². The molecule has 1 saturated heterocycles. The van der Waals surface area contributed by atoms with Crippen molar-refractivity contribution >= 4 is 17.5 Å². The summed E-state index contributed by atoms with van der Waals surface area (Å²) in [5.74, 6) is 0.104. The minimum absolute atomic E-state index is 0.0234. The summed E-state index contributed by atoms with van der Waals surface area (Å²) in [5.41, 5.74) is 8.17. The molecule has 0 bridgehead atoms. The molecule has 16 heavy (non-hydrogen) atoms. The Morgan fingerprint density at radius 1 is 1.50 bits per heavy atom. The Labute approximate surface area is 100 Å². The molecular weight excluding hydrogens is 224 g/mol. The first-order chi connectivity index (χ1) is 7.50. The van der Waals surface area contributed by atoms with Crippen molar-refractivity contribution in [1.29, 1.82) is 0 Å². The van der Waals surface area contributed by atoms with Crippen molar-refractivity contribution in [3.05, 3.63) is 34.3 Å². The SMILES string of the molecule is Cc1cc(Cl)ccc1C1C(N)CC(=O)N1C. The van der Waals surface area contributed by atoms with Gasteiger partial charge in [0.2, 0.25) is 5.91 Å². The predicted molar refractivity (Wildman–Crippen MR) is 64.3 cm³/mol. The average molecular weight is 239 g/mol. The van der Waals surface area contributed by atoms with Gasteiger partial charge >= 0.3 is 0 Å². The summed E-state index contributed by atoms with van der Waals surface area (Å²) in [6.45, 7) is 1.99. The van der Waals surface area contributed by atoms with Crippen molar-refractivity contribution in [2.75, 3.05) is 7.05 Å². The number of nitrogens with two attached hydrogens (primary N) is 1. The van der Waals surface area contributed by atoms with E-state index in [1.54, 1.807) is 11.9 Å². The van der Waals surface area contributed by atoms with Gasteiger partial charge in [-0.15, -0.1) is 0 Å². The predicted octanol–water partition coefficient (Wildman–Crippen LogP) is 1.88. The van der Waals surface area contributed by atoms with Crippen LogP contribution in [-0.2, 0) is 4.79 Å². The largest absolute Gasteiger partial charge is 0.337 e. The second kappa shape index (κ2) is 4.07. The third-order valence-electron chi connectivity index (χ3n) is 3.18. The van der Waals surface area contributed by atoms with E-state index in [-0.39, 0.29) is 18.0 Å². The molecule has 0 aromatic heterocycles. The number of rotatable bonds is 1. The molecule has 0 aliphatic carbocycles. The number of carbonyl (C=O) groups excluding carboxylic acids is 1. The van der Waals surface area contributed by atoms with Crippen LogP contribution >= 0.6 is 11.6 Å². The van der Waals surface area contributed by atoms with Gasteiger partial charge < -0.3 is 10.6 Å². The number of aryl methyl sites for hydroxylation is 1. The van der Waals surface area contributed by atoms with E-state index >= 15 is 0 Å². The first-order valence-electron chi connectivity index (χ1n) is 5.28. The van der Waals surface area contributed by atoms with E-state index in [1.807, 2.05) is 25.1 Å². The van der Waals surface area contributed by atoms with Gasteiger partial charge in [-0.3, -0.25) is 4.79 Å². The zero-order valence-electron chi connectivity index (χ0n) is 9.40. The van der Waals surface area contributed by atoms with Gasteiger partial charge in [0, 0.05) is 24.5 Å². The Hall–Kier alpha value is -1.06. The molecule has 0 spiro atoms. The lowest BCUT2D eigenvalue weighted by Crippen LogP contribution is -2.30. The standard InChI is InChI=1S/C12H15ClN2O/c1-7-5-8(13)3-4-9(7)12-10(14)6-11(16)15(12)2/h3-5,10,12H,6,14H2,1-2H3. The highest BCUT2D eigenvalue weighted by molar-refractivity contribution is 6.30. The fourth-order valence-corrected chi connectivity index (χ4v) is 2.54. The molecule has 4 heteroatoms. The van der Waals surface area contributed by atoms with Crippen molar-refractivity contribution in [1.82, 2.24) is 4.90 Å². The molecule has 1 heterocycles. The lowest BCUT2D eigenvalue weighted by Gasteiger charge is -2.24. The molecule has 3 nitrogen and oxygen atoms in total. The molecule has 2 N–H and O–H groups in total. The Balaban J connectivity index is 2.40. The number of halogens is 1. The van der Waals surface area contributed by atoms with E-state index in [1.165, 1.54) is 0 Å². The first kappa shape index (κ1) is 11.4. The van der Waals surface area contributed by atoms with Crippen LogP contribution < -0.4 is 5.73 Å². The summed E-state index contributed by atoms with van der Waals surface area (Å²) in [5, 5.41) is 0.710. The van der Waals surface area contributed by atoms with Crippen molar-refractivity contribution in [2.45, 2.75) is 25.4 Å². The summed E-state index contributed by atoms with van der Waals surface area (Å²) in [4.78, 5) is 13.3. The van der Waals surface area contributed by atoms with E-state index in [2.05, 4.69) is 0 Å². The molecule has 2 unspecified atom stereocenters. The number of amides is 1. The van der Waals surface area contributed by atoms with Crippen LogP contribution in [0.5, 0.6) is 0 Å². The highest BCUT2D eigenvalue weighted by atomic mass is 35.5. The topological polar surface area (TPSA) is 46.3 Å². The molecule has 1 aliphatic heterocycles. The summed E-state index contributed by atoms with van der Waals surface area (Å²) in [7, 11) is 1.80. The molecular formula is C12H15ClN2O. The third-order valence-corrected chi connectivity index (χ3v) is 3.41. The van der Waals surface area contributed by atoms with E-state index in [9.17, 15) is 4.79 Å². The van der Waals surface area contributed by atoms with Crippen molar-refractivity contribution in [2.24, 2.45) is 5.73 Å². The third kappa shape index (κ3) is 1.81. The van der Waals surface area contributed by atoms with Gasteiger partial charge in [0.1, 0.15) is 0 Å². The van der Waals surface area contributed by atoms with E-state index < -0.39 is 0 Å². The van der Waals surface area contributed by atoms with Gasteiger partial charge in [0.05, 0.1) is 6.04 Å². The second-order valence-corrected chi connectivity index (χ2v) is 4.75. The fraction of sp³-hybridized carbons (Fsp3) is 0.417. The molecule has 0 radical (unpaired) electrons. The van der Waals surface area contributed by atoms with Crippen molar-refractivity contribution < 1.29 is 4.79 Å². The maximum absolute atomic E-state index is 11.6. The van der Waals surface area contributed by atoms with Crippen LogP contribution in [0.1, 0.15) is 23.6 Å². The minimum Gasteiger partial charge on any atom is -0.337 e. The highest BCUT2D eigenvalue weighted by Gasteiger charge is 2.36. The van der Waals surface area contributed by atoms with Gasteiger partial charge in [-0.2, -0.15) is 0 Å². The molecule has 1 fully saturated rings. The van der Waals surface area contributed by atoms with Crippen LogP contribution in [-0.4, -0.2) is 23.9 Å². The molecule has 1 amide bonds. The minimum atomic E-state index is -0.127. The monoisotopic (exact) mass is 238 g/mol. The molecule has 1 aromatic carbocycles.